The van der Waals surface area contributed by atoms with E-state index in [0.717, 1.165) is 0 Å². The van der Waals surface area contributed by atoms with E-state index in [4.69, 9.17) is 9.47 Å². The first-order chi connectivity index (χ1) is 13.0. The van der Waals surface area contributed by atoms with Crippen LogP contribution in [0.15, 0.2) is 24.3 Å². The minimum absolute atomic E-state index is 0.0490. The number of likely N-dealkylation sites (tertiary alicyclic amines) is 1. The molecule has 3 amide bonds. The lowest BCUT2D eigenvalue weighted by Gasteiger charge is -2.31. The molecule has 2 saturated heterocycles. The zero-order valence-corrected chi connectivity index (χ0v) is 15.7. The summed E-state index contributed by atoms with van der Waals surface area (Å²) in [4.78, 5) is 41.8. The van der Waals surface area contributed by atoms with Crippen LogP contribution in [0.25, 0.3) is 0 Å². The van der Waals surface area contributed by atoms with Crippen molar-refractivity contribution in [3.8, 4) is 5.75 Å². The standard InChI is InChI=1S/C19H25N3O5/c1-26-16-6-4-3-5-15(16)22-12-11-21(19(22)25)13-17(23)20-9-7-14(8-10-20)18(24)27-2/h3-6,14H,7-13H2,1-2H3. The molecule has 1 aromatic carbocycles. The van der Waals surface area contributed by atoms with Gasteiger partial charge < -0.3 is 19.3 Å². The summed E-state index contributed by atoms with van der Waals surface area (Å²) in [6.45, 7) is 2.07. The molecule has 2 aliphatic rings. The molecule has 8 nitrogen and oxygen atoms in total. The first-order valence-electron chi connectivity index (χ1n) is 9.10. The van der Waals surface area contributed by atoms with E-state index in [9.17, 15) is 14.4 Å². The second kappa shape index (κ2) is 8.28. The van der Waals surface area contributed by atoms with Crippen molar-refractivity contribution in [3.05, 3.63) is 24.3 Å². The number of methoxy groups -OCH3 is 2. The first-order valence-corrected chi connectivity index (χ1v) is 9.10. The number of urea groups is 1. The molecule has 27 heavy (non-hydrogen) atoms. The number of hydrogen-bond donors (Lipinski definition) is 0. The lowest BCUT2D eigenvalue weighted by Crippen LogP contribution is -2.46. The van der Waals surface area contributed by atoms with Crippen LogP contribution in [0.5, 0.6) is 5.75 Å². The van der Waals surface area contributed by atoms with Crippen molar-refractivity contribution in [3.63, 3.8) is 0 Å². The Balaban J connectivity index is 1.57. The summed E-state index contributed by atoms with van der Waals surface area (Å²) in [5, 5.41) is 0. The van der Waals surface area contributed by atoms with E-state index in [2.05, 4.69) is 0 Å². The Morgan fingerprint density at radius 2 is 1.78 bits per heavy atom. The zero-order valence-electron chi connectivity index (χ0n) is 15.7. The third-order valence-corrected chi connectivity index (χ3v) is 5.18. The lowest BCUT2D eigenvalue weighted by atomic mass is 9.97. The monoisotopic (exact) mass is 375 g/mol. The average Bonchev–Trinajstić information content (AvgIpc) is 3.07. The molecule has 0 radical (unpaired) electrons. The number of amides is 3. The Bertz CT molecular complexity index is 715. The van der Waals surface area contributed by atoms with Gasteiger partial charge in [-0.05, 0) is 25.0 Å². The molecule has 8 heteroatoms. The summed E-state index contributed by atoms with van der Waals surface area (Å²) < 4.78 is 10.1. The Labute approximate surface area is 158 Å². The van der Waals surface area contributed by atoms with Gasteiger partial charge in [0, 0.05) is 26.2 Å². The molecule has 0 unspecified atom stereocenters. The number of anilines is 1. The number of esters is 1. The van der Waals surface area contributed by atoms with Crippen LogP contribution in [0, 0.1) is 5.92 Å². The van der Waals surface area contributed by atoms with Crippen molar-refractivity contribution in [1.82, 2.24) is 9.80 Å². The maximum atomic E-state index is 12.7. The third kappa shape index (κ3) is 3.99. The Kier molecular flexibility index (Phi) is 5.83. The molecule has 146 valence electrons. The van der Waals surface area contributed by atoms with Gasteiger partial charge in [0.15, 0.2) is 0 Å². The molecule has 2 heterocycles. The van der Waals surface area contributed by atoms with E-state index in [1.807, 2.05) is 24.3 Å². The maximum Gasteiger partial charge on any atom is 0.325 e. The van der Waals surface area contributed by atoms with Crippen LogP contribution in [0.1, 0.15) is 12.8 Å². The molecule has 0 saturated carbocycles. The predicted molar refractivity (Wildman–Crippen MR) is 98.6 cm³/mol. The first kappa shape index (κ1) is 19.0. The van der Waals surface area contributed by atoms with Gasteiger partial charge in [0.1, 0.15) is 12.3 Å². The maximum absolute atomic E-state index is 12.7. The summed E-state index contributed by atoms with van der Waals surface area (Å²) >= 11 is 0. The minimum Gasteiger partial charge on any atom is -0.495 e. The van der Waals surface area contributed by atoms with Gasteiger partial charge in [0.05, 0.1) is 25.8 Å². The number of rotatable bonds is 5. The van der Waals surface area contributed by atoms with Crippen LogP contribution in [0.2, 0.25) is 0 Å². The molecule has 1 aromatic rings. The van der Waals surface area contributed by atoms with Gasteiger partial charge in [-0.15, -0.1) is 0 Å². The highest BCUT2D eigenvalue weighted by Gasteiger charge is 2.34. The zero-order chi connectivity index (χ0) is 19.4. The highest BCUT2D eigenvalue weighted by molar-refractivity contribution is 5.97. The fraction of sp³-hybridized carbons (Fsp3) is 0.526. The van der Waals surface area contributed by atoms with Crippen molar-refractivity contribution in [2.45, 2.75) is 12.8 Å². The normalized spacial score (nSPS) is 18.0. The van der Waals surface area contributed by atoms with Crippen molar-refractivity contribution < 1.29 is 23.9 Å². The third-order valence-electron chi connectivity index (χ3n) is 5.18. The molecule has 0 aromatic heterocycles. The van der Waals surface area contributed by atoms with E-state index in [1.165, 1.54) is 7.11 Å². The SMILES string of the molecule is COC(=O)C1CCN(C(=O)CN2CCN(c3ccccc3OC)C2=O)CC1. The van der Waals surface area contributed by atoms with Gasteiger partial charge in [0.2, 0.25) is 5.91 Å². The van der Waals surface area contributed by atoms with E-state index in [-0.39, 0.29) is 30.4 Å². The van der Waals surface area contributed by atoms with E-state index >= 15 is 0 Å². The largest absolute Gasteiger partial charge is 0.495 e. The predicted octanol–water partition coefficient (Wildman–Crippen LogP) is 1.35. The number of carbonyl (C=O) groups is 3. The Morgan fingerprint density at radius 1 is 1.07 bits per heavy atom. The van der Waals surface area contributed by atoms with Crippen molar-refractivity contribution in [2.75, 3.05) is 51.8 Å². The number of ether oxygens (including phenoxy) is 2. The molecule has 0 aliphatic carbocycles. The van der Waals surface area contributed by atoms with Crippen LogP contribution in [0.4, 0.5) is 10.5 Å². The van der Waals surface area contributed by atoms with E-state index in [1.54, 1.807) is 21.8 Å². The van der Waals surface area contributed by atoms with Gasteiger partial charge in [-0.1, -0.05) is 12.1 Å². The van der Waals surface area contributed by atoms with Crippen molar-refractivity contribution in [2.24, 2.45) is 5.92 Å². The molecule has 0 atom stereocenters. The second-order valence-electron chi connectivity index (χ2n) is 6.71. The quantitative estimate of drug-likeness (QED) is 0.726. The van der Waals surface area contributed by atoms with Gasteiger partial charge in [-0.25, -0.2) is 4.79 Å². The second-order valence-corrected chi connectivity index (χ2v) is 6.71. The number of para-hydroxylation sites is 2. The van der Waals surface area contributed by atoms with Gasteiger partial charge in [-0.3, -0.25) is 14.5 Å². The van der Waals surface area contributed by atoms with Crippen molar-refractivity contribution >= 4 is 23.6 Å². The van der Waals surface area contributed by atoms with Gasteiger partial charge >= 0.3 is 12.0 Å². The average molecular weight is 375 g/mol. The summed E-state index contributed by atoms with van der Waals surface area (Å²) in [5.41, 5.74) is 0.707. The van der Waals surface area contributed by atoms with Crippen LogP contribution in [-0.2, 0) is 14.3 Å². The molecule has 2 fully saturated rings. The topological polar surface area (TPSA) is 79.4 Å². The Hall–Kier alpha value is -2.77. The molecule has 3 rings (SSSR count). The molecule has 0 N–H and O–H groups in total. The highest BCUT2D eigenvalue weighted by Crippen LogP contribution is 2.30. The number of hydrogen-bond acceptors (Lipinski definition) is 5. The highest BCUT2D eigenvalue weighted by atomic mass is 16.5. The number of benzene rings is 1. The number of carbonyl (C=O) groups excluding carboxylic acids is 3. The minimum atomic E-state index is -0.218. The number of piperidine rings is 1. The van der Waals surface area contributed by atoms with Crippen LogP contribution in [0.3, 0.4) is 0 Å². The van der Waals surface area contributed by atoms with Crippen molar-refractivity contribution in [1.29, 1.82) is 0 Å². The van der Waals surface area contributed by atoms with Gasteiger partial charge in [0.25, 0.3) is 0 Å². The van der Waals surface area contributed by atoms with Crippen LogP contribution in [-0.4, -0.2) is 74.7 Å². The molecular weight excluding hydrogens is 350 g/mol. The summed E-state index contributed by atoms with van der Waals surface area (Å²) in [5.74, 6) is 0.176. The molecular formula is C19H25N3O5. The summed E-state index contributed by atoms with van der Waals surface area (Å²) in [6.07, 6.45) is 1.19. The Morgan fingerprint density at radius 3 is 2.44 bits per heavy atom. The van der Waals surface area contributed by atoms with E-state index < -0.39 is 0 Å². The van der Waals surface area contributed by atoms with Crippen LogP contribution >= 0.6 is 0 Å². The summed E-state index contributed by atoms with van der Waals surface area (Å²) in [7, 11) is 2.95. The number of nitrogens with zero attached hydrogens (tertiary/aromatic N) is 3. The fourth-order valence-electron chi connectivity index (χ4n) is 3.60. The smallest absolute Gasteiger partial charge is 0.325 e. The lowest BCUT2D eigenvalue weighted by molar-refractivity contribution is -0.148. The fourth-order valence-corrected chi connectivity index (χ4v) is 3.60. The van der Waals surface area contributed by atoms with Gasteiger partial charge in [-0.2, -0.15) is 0 Å². The van der Waals surface area contributed by atoms with Crippen LogP contribution < -0.4 is 9.64 Å². The molecule has 0 bridgehead atoms. The summed E-state index contributed by atoms with van der Waals surface area (Å²) in [6, 6.07) is 7.14. The molecule has 0 spiro atoms. The molecule has 2 aliphatic heterocycles. The van der Waals surface area contributed by atoms with E-state index in [0.29, 0.717) is 50.5 Å².